The molecule has 5 heteroatoms. The lowest BCUT2D eigenvalue weighted by molar-refractivity contribution is -0.105. The zero-order chi connectivity index (χ0) is 16.2. The molecule has 1 aromatic rings. The number of rotatable bonds is 5. The third-order valence-corrected chi connectivity index (χ3v) is 4.21. The predicted molar refractivity (Wildman–Crippen MR) is 89.9 cm³/mol. The molecule has 4 nitrogen and oxygen atoms in total. The van der Waals surface area contributed by atoms with Gasteiger partial charge in [-0.1, -0.05) is 28.1 Å². The number of amides is 1. The van der Waals surface area contributed by atoms with E-state index in [1.807, 2.05) is 32.9 Å². The first-order valence-electron chi connectivity index (χ1n) is 7.68. The number of carbonyl (C=O) groups excluding carboxylic acids is 1. The van der Waals surface area contributed by atoms with Crippen molar-refractivity contribution in [1.29, 1.82) is 0 Å². The quantitative estimate of drug-likeness (QED) is 0.783. The number of carbonyl (C=O) groups is 1. The van der Waals surface area contributed by atoms with Gasteiger partial charge >= 0.3 is 6.09 Å². The molecule has 122 valence electrons. The maximum absolute atomic E-state index is 11.6. The number of hydrogen-bond acceptors (Lipinski definition) is 3. The minimum atomic E-state index is -0.475. The Bertz CT molecular complexity index is 504. The molecular formula is C17H24BrNO3. The Morgan fingerprint density at radius 3 is 2.41 bits per heavy atom. The number of hydrogen-bond donors (Lipinski definition) is 1. The molecule has 0 aromatic heterocycles. The molecule has 0 radical (unpaired) electrons. The van der Waals surface area contributed by atoms with Crippen LogP contribution in [-0.4, -0.2) is 24.8 Å². The third-order valence-electron chi connectivity index (χ3n) is 3.68. The lowest BCUT2D eigenvalue weighted by Crippen LogP contribution is -2.40. The van der Waals surface area contributed by atoms with E-state index < -0.39 is 11.7 Å². The summed E-state index contributed by atoms with van der Waals surface area (Å²) in [5.41, 5.74) is 0.549. The van der Waals surface area contributed by atoms with Gasteiger partial charge < -0.3 is 14.8 Å². The molecule has 1 aromatic carbocycles. The molecule has 1 N–H and O–H groups in total. The zero-order valence-electron chi connectivity index (χ0n) is 13.4. The Labute approximate surface area is 140 Å². The van der Waals surface area contributed by atoms with Crippen LogP contribution in [0.2, 0.25) is 0 Å². The van der Waals surface area contributed by atoms with Gasteiger partial charge in [0.25, 0.3) is 0 Å². The Hall–Kier alpha value is -1.07. The van der Waals surface area contributed by atoms with E-state index in [4.69, 9.17) is 9.47 Å². The fourth-order valence-electron chi connectivity index (χ4n) is 2.48. The van der Waals surface area contributed by atoms with Crippen LogP contribution in [-0.2, 0) is 15.1 Å². The van der Waals surface area contributed by atoms with Crippen LogP contribution < -0.4 is 5.32 Å². The molecule has 0 heterocycles. The molecule has 0 spiro atoms. The average Bonchev–Trinajstić information content (AvgIpc) is 2.36. The molecule has 2 rings (SSSR count). The molecule has 1 saturated carbocycles. The lowest BCUT2D eigenvalue weighted by Gasteiger charge is -2.42. The highest BCUT2D eigenvalue weighted by molar-refractivity contribution is 9.10. The van der Waals surface area contributed by atoms with E-state index in [-0.39, 0.29) is 5.60 Å². The summed E-state index contributed by atoms with van der Waals surface area (Å²) in [5, 5.41) is 2.73. The lowest BCUT2D eigenvalue weighted by atomic mass is 9.75. The highest BCUT2D eigenvalue weighted by Gasteiger charge is 2.39. The van der Waals surface area contributed by atoms with Crippen LogP contribution >= 0.6 is 15.9 Å². The first-order chi connectivity index (χ1) is 10.3. The van der Waals surface area contributed by atoms with E-state index in [1.54, 1.807) is 0 Å². The second-order valence-corrected chi connectivity index (χ2v) is 7.55. The highest BCUT2D eigenvalue weighted by Crippen LogP contribution is 2.44. The van der Waals surface area contributed by atoms with E-state index in [9.17, 15) is 4.79 Å². The normalized spacial score (nSPS) is 16.7. The summed E-state index contributed by atoms with van der Waals surface area (Å²) in [5.74, 6) is 0. The van der Waals surface area contributed by atoms with Crippen LogP contribution in [0.3, 0.4) is 0 Å². The zero-order valence-corrected chi connectivity index (χ0v) is 15.0. The van der Waals surface area contributed by atoms with Gasteiger partial charge in [-0.2, -0.15) is 0 Å². The predicted octanol–water partition coefficient (Wildman–Crippen LogP) is 4.37. The molecule has 0 unspecified atom stereocenters. The third kappa shape index (κ3) is 4.71. The molecular weight excluding hydrogens is 346 g/mol. The number of nitrogens with one attached hydrogen (secondary N) is 1. The first kappa shape index (κ1) is 17.3. The summed E-state index contributed by atoms with van der Waals surface area (Å²) < 4.78 is 12.4. The molecule has 22 heavy (non-hydrogen) atoms. The summed E-state index contributed by atoms with van der Waals surface area (Å²) in [7, 11) is 0. The topological polar surface area (TPSA) is 47.6 Å². The standard InChI is InChI=1S/C17H24BrNO3/c1-16(2,3)22-15(20)19-11-12-21-17(9-4-10-17)13-5-7-14(18)8-6-13/h5-8H,4,9-12H2,1-3H3,(H,19,20). The average molecular weight is 370 g/mol. The van der Waals surface area contributed by atoms with Crippen LogP contribution in [0, 0.1) is 0 Å². The van der Waals surface area contributed by atoms with Crippen LogP contribution in [0.1, 0.15) is 45.6 Å². The summed E-state index contributed by atoms with van der Waals surface area (Å²) in [4.78, 5) is 11.6. The smallest absolute Gasteiger partial charge is 0.407 e. The number of ether oxygens (including phenoxy) is 2. The molecule has 1 aliphatic carbocycles. The second kappa shape index (κ2) is 7.01. The van der Waals surface area contributed by atoms with Crippen molar-refractivity contribution in [3.05, 3.63) is 34.3 Å². The van der Waals surface area contributed by atoms with Crippen LogP contribution in [0.15, 0.2) is 28.7 Å². The van der Waals surface area contributed by atoms with E-state index in [2.05, 4.69) is 33.4 Å². The summed E-state index contributed by atoms with van der Waals surface area (Å²) >= 11 is 3.45. The SMILES string of the molecule is CC(C)(C)OC(=O)NCCOC1(c2ccc(Br)cc2)CCC1. The summed E-state index contributed by atoms with van der Waals surface area (Å²) in [6.45, 7) is 6.47. The number of benzene rings is 1. The van der Waals surface area contributed by atoms with Gasteiger partial charge in [0, 0.05) is 11.0 Å². The maximum atomic E-state index is 11.6. The van der Waals surface area contributed by atoms with Gasteiger partial charge in [-0.05, 0) is 57.7 Å². The highest BCUT2D eigenvalue weighted by atomic mass is 79.9. The second-order valence-electron chi connectivity index (χ2n) is 6.63. The Balaban J connectivity index is 1.80. The fraction of sp³-hybridized carbons (Fsp3) is 0.588. The van der Waals surface area contributed by atoms with Gasteiger partial charge in [-0.15, -0.1) is 0 Å². The minimum absolute atomic E-state index is 0.184. The fourth-order valence-corrected chi connectivity index (χ4v) is 2.75. The van der Waals surface area contributed by atoms with Crippen molar-refractivity contribution in [3.63, 3.8) is 0 Å². The molecule has 0 atom stereocenters. The first-order valence-corrected chi connectivity index (χ1v) is 8.47. The van der Waals surface area contributed by atoms with Gasteiger partial charge in [-0.3, -0.25) is 0 Å². The van der Waals surface area contributed by atoms with E-state index in [0.29, 0.717) is 13.2 Å². The molecule has 0 bridgehead atoms. The van der Waals surface area contributed by atoms with Crippen LogP contribution in [0.4, 0.5) is 4.79 Å². The van der Waals surface area contributed by atoms with Crippen molar-refractivity contribution in [2.45, 2.75) is 51.2 Å². The van der Waals surface area contributed by atoms with Gasteiger partial charge in [0.1, 0.15) is 5.60 Å². The maximum Gasteiger partial charge on any atom is 0.407 e. The van der Waals surface area contributed by atoms with Gasteiger partial charge in [0.15, 0.2) is 0 Å². The van der Waals surface area contributed by atoms with Crippen molar-refractivity contribution in [2.75, 3.05) is 13.2 Å². The van der Waals surface area contributed by atoms with Crippen molar-refractivity contribution in [1.82, 2.24) is 5.32 Å². The van der Waals surface area contributed by atoms with Crippen LogP contribution in [0.5, 0.6) is 0 Å². The van der Waals surface area contributed by atoms with Crippen molar-refractivity contribution >= 4 is 22.0 Å². The molecule has 0 aliphatic heterocycles. The van der Waals surface area contributed by atoms with Gasteiger partial charge in [-0.25, -0.2) is 4.79 Å². The summed E-state index contributed by atoms with van der Waals surface area (Å²) in [6.07, 6.45) is 2.83. The Kier molecular flexibility index (Phi) is 5.50. The number of alkyl carbamates (subject to hydrolysis) is 1. The Morgan fingerprint density at radius 1 is 1.27 bits per heavy atom. The van der Waals surface area contributed by atoms with E-state index in [1.165, 1.54) is 12.0 Å². The van der Waals surface area contributed by atoms with Gasteiger partial charge in [0.05, 0.1) is 12.2 Å². The van der Waals surface area contributed by atoms with Crippen molar-refractivity contribution in [2.24, 2.45) is 0 Å². The molecule has 1 amide bonds. The monoisotopic (exact) mass is 369 g/mol. The largest absolute Gasteiger partial charge is 0.444 e. The molecule has 1 fully saturated rings. The number of halogens is 1. The van der Waals surface area contributed by atoms with Crippen molar-refractivity contribution in [3.8, 4) is 0 Å². The van der Waals surface area contributed by atoms with Gasteiger partial charge in [0.2, 0.25) is 0 Å². The summed E-state index contributed by atoms with van der Waals surface area (Å²) in [6, 6.07) is 8.28. The molecule has 0 saturated heterocycles. The van der Waals surface area contributed by atoms with Crippen molar-refractivity contribution < 1.29 is 14.3 Å². The minimum Gasteiger partial charge on any atom is -0.444 e. The Morgan fingerprint density at radius 2 is 1.91 bits per heavy atom. The van der Waals surface area contributed by atoms with Crippen LogP contribution in [0.25, 0.3) is 0 Å². The van der Waals surface area contributed by atoms with E-state index >= 15 is 0 Å². The van der Waals surface area contributed by atoms with E-state index in [0.717, 1.165) is 17.3 Å². The molecule has 1 aliphatic rings.